The van der Waals surface area contributed by atoms with Crippen LogP contribution >= 0.6 is 11.3 Å². The Morgan fingerprint density at radius 2 is 1.57 bits per heavy atom. The molecule has 3 heteroatoms. The van der Waals surface area contributed by atoms with E-state index in [1.807, 2.05) is 66.0 Å². The zero-order chi connectivity index (χ0) is 14.7. The normalized spacial score (nSPS) is 10.3. The van der Waals surface area contributed by atoms with E-state index in [1.54, 1.807) is 0 Å². The van der Waals surface area contributed by atoms with Crippen molar-refractivity contribution in [1.82, 2.24) is 0 Å². The Morgan fingerprint density at radius 1 is 0.905 bits per heavy atom. The molecule has 0 saturated carbocycles. The van der Waals surface area contributed by atoms with E-state index in [0.717, 1.165) is 16.7 Å². The second-order valence-electron chi connectivity index (χ2n) is 4.63. The van der Waals surface area contributed by atoms with Crippen molar-refractivity contribution in [3.8, 4) is 10.4 Å². The molecule has 0 aliphatic heterocycles. The average Bonchev–Trinajstić information content (AvgIpc) is 3.04. The van der Waals surface area contributed by atoms with Gasteiger partial charge in [0.15, 0.2) is 12.1 Å². The highest BCUT2D eigenvalue weighted by Crippen LogP contribution is 2.27. The monoisotopic (exact) mass is 292 g/mol. The third-order valence-corrected chi connectivity index (χ3v) is 4.22. The maximum absolute atomic E-state index is 12.3. The quantitative estimate of drug-likeness (QED) is 0.525. The topological polar surface area (TPSA) is 34.1 Å². The molecule has 1 aromatic heterocycles. The molecule has 3 rings (SSSR count). The van der Waals surface area contributed by atoms with Gasteiger partial charge < -0.3 is 0 Å². The largest absolute Gasteiger partial charge is 0.298 e. The zero-order valence-corrected chi connectivity index (χ0v) is 12.0. The van der Waals surface area contributed by atoms with Crippen molar-refractivity contribution in [2.75, 3.05) is 0 Å². The number of rotatable bonds is 4. The van der Waals surface area contributed by atoms with Crippen LogP contribution in [0.25, 0.3) is 10.4 Å². The summed E-state index contributed by atoms with van der Waals surface area (Å²) in [6, 6.07) is 18.6. The smallest absolute Gasteiger partial charge is 0.193 e. The van der Waals surface area contributed by atoms with Gasteiger partial charge in [-0.25, -0.2) is 0 Å². The fraction of sp³-hybridized carbons (Fsp3) is 0. The third-order valence-electron chi connectivity index (χ3n) is 3.22. The minimum Gasteiger partial charge on any atom is -0.298 e. The molecule has 102 valence electrons. The van der Waals surface area contributed by atoms with Crippen LogP contribution in [0.15, 0.2) is 66.0 Å². The summed E-state index contributed by atoms with van der Waals surface area (Å²) in [5, 5.41) is 1.82. The summed E-state index contributed by atoms with van der Waals surface area (Å²) < 4.78 is 0. The molecule has 0 unspecified atom stereocenters. The standard InChI is InChI=1S/C18H12O2S/c19-11-13-10-17(21-12-13)14-6-8-16(9-7-14)18(20)15-4-2-1-3-5-15/h1-12H. The van der Waals surface area contributed by atoms with E-state index in [4.69, 9.17) is 0 Å². The molecule has 0 radical (unpaired) electrons. The molecule has 0 spiro atoms. The molecule has 0 aliphatic carbocycles. The molecule has 0 amide bonds. The molecule has 0 bridgehead atoms. The molecule has 21 heavy (non-hydrogen) atoms. The average molecular weight is 292 g/mol. The number of hydrogen-bond donors (Lipinski definition) is 0. The number of hydrogen-bond acceptors (Lipinski definition) is 3. The first-order valence-electron chi connectivity index (χ1n) is 6.52. The first-order valence-corrected chi connectivity index (χ1v) is 7.40. The second kappa shape index (κ2) is 5.85. The molecule has 2 nitrogen and oxygen atoms in total. The highest BCUT2D eigenvalue weighted by atomic mass is 32.1. The summed E-state index contributed by atoms with van der Waals surface area (Å²) in [5.74, 6) is 0.0157. The molecule has 2 aromatic carbocycles. The van der Waals surface area contributed by atoms with Gasteiger partial charge in [0.2, 0.25) is 0 Å². The first kappa shape index (κ1) is 13.5. The molecule has 0 N–H and O–H groups in total. The number of ketones is 1. The first-order chi connectivity index (χ1) is 10.3. The van der Waals surface area contributed by atoms with Gasteiger partial charge in [-0.15, -0.1) is 11.3 Å². The van der Waals surface area contributed by atoms with E-state index in [1.165, 1.54) is 11.3 Å². The summed E-state index contributed by atoms with van der Waals surface area (Å²) in [6.07, 6.45) is 0.841. The van der Waals surface area contributed by atoms with Crippen LogP contribution in [0.3, 0.4) is 0 Å². The number of benzene rings is 2. The van der Waals surface area contributed by atoms with Gasteiger partial charge >= 0.3 is 0 Å². The molecular formula is C18H12O2S. The van der Waals surface area contributed by atoms with Gasteiger partial charge in [-0.05, 0) is 11.6 Å². The van der Waals surface area contributed by atoms with E-state index >= 15 is 0 Å². The van der Waals surface area contributed by atoms with Crippen LogP contribution in [0.2, 0.25) is 0 Å². The maximum atomic E-state index is 12.3. The third kappa shape index (κ3) is 2.83. The van der Waals surface area contributed by atoms with Crippen LogP contribution in [0.4, 0.5) is 0 Å². The molecule has 0 saturated heterocycles. The highest BCUT2D eigenvalue weighted by Gasteiger charge is 2.09. The van der Waals surface area contributed by atoms with E-state index < -0.39 is 0 Å². The predicted octanol–water partition coefficient (Wildman–Crippen LogP) is 4.46. The van der Waals surface area contributed by atoms with Crippen LogP contribution < -0.4 is 0 Å². The Morgan fingerprint density at radius 3 is 2.19 bits per heavy atom. The lowest BCUT2D eigenvalue weighted by molar-refractivity contribution is 0.103. The van der Waals surface area contributed by atoms with Gasteiger partial charge in [0.25, 0.3) is 0 Å². The SMILES string of the molecule is O=Cc1csc(-c2ccc(C(=O)c3ccccc3)cc2)c1. The van der Waals surface area contributed by atoms with E-state index in [9.17, 15) is 9.59 Å². The maximum Gasteiger partial charge on any atom is 0.193 e. The van der Waals surface area contributed by atoms with Gasteiger partial charge in [-0.2, -0.15) is 0 Å². The van der Waals surface area contributed by atoms with Crippen molar-refractivity contribution in [2.24, 2.45) is 0 Å². The molecule has 0 atom stereocenters. The predicted molar refractivity (Wildman–Crippen MR) is 85.0 cm³/mol. The van der Waals surface area contributed by atoms with E-state index in [-0.39, 0.29) is 5.78 Å². The lowest BCUT2D eigenvalue weighted by atomic mass is 10.0. The minimum absolute atomic E-state index is 0.0157. The van der Waals surface area contributed by atoms with Gasteiger partial charge in [0, 0.05) is 26.9 Å². The van der Waals surface area contributed by atoms with Crippen LogP contribution in [0.1, 0.15) is 26.3 Å². The summed E-state index contributed by atoms with van der Waals surface area (Å²) in [6.45, 7) is 0. The molecule has 0 fully saturated rings. The van der Waals surface area contributed by atoms with Gasteiger partial charge in [0.1, 0.15) is 0 Å². The number of thiophene rings is 1. The number of carbonyl (C=O) groups is 2. The minimum atomic E-state index is 0.0157. The van der Waals surface area contributed by atoms with E-state index in [0.29, 0.717) is 16.7 Å². The fourth-order valence-corrected chi connectivity index (χ4v) is 2.97. The van der Waals surface area contributed by atoms with Crippen molar-refractivity contribution in [3.63, 3.8) is 0 Å². The van der Waals surface area contributed by atoms with Crippen molar-refractivity contribution in [3.05, 3.63) is 82.7 Å². The molecule has 1 heterocycles. The Hall–Kier alpha value is -2.52. The molecule has 3 aromatic rings. The Labute approximate surface area is 126 Å². The van der Waals surface area contributed by atoms with Crippen LogP contribution in [-0.2, 0) is 0 Å². The Kier molecular flexibility index (Phi) is 3.75. The fourth-order valence-electron chi connectivity index (χ4n) is 2.11. The lowest BCUT2D eigenvalue weighted by Gasteiger charge is -2.02. The number of carbonyl (C=O) groups excluding carboxylic acids is 2. The lowest BCUT2D eigenvalue weighted by Crippen LogP contribution is -2.00. The van der Waals surface area contributed by atoms with Gasteiger partial charge in [0.05, 0.1) is 0 Å². The summed E-state index contributed by atoms with van der Waals surface area (Å²) in [4.78, 5) is 24.0. The number of aldehydes is 1. The molecular weight excluding hydrogens is 280 g/mol. The van der Waals surface area contributed by atoms with Gasteiger partial charge in [-0.1, -0.05) is 54.6 Å². The van der Waals surface area contributed by atoms with E-state index in [2.05, 4.69) is 0 Å². The van der Waals surface area contributed by atoms with Crippen molar-refractivity contribution in [2.45, 2.75) is 0 Å². The summed E-state index contributed by atoms with van der Waals surface area (Å²) in [5.41, 5.74) is 3.04. The second-order valence-corrected chi connectivity index (χ2v) is 5.55. The van der Waals surface area contributed by atoms with Crippen LogP contribution in [0.5, 0.6) is 0 Å². The highest BCUT2D eigenvalue weighted by molar-refractivity contribution is 7.13. The Bertz CT molecular complexity index is 770. The summed E-state index contributed by atoms with van der Waals surface area (Å²) in [7, 11) is 0. The summed E-state index contributed by atoms with van der Waals surface area (Å²) >= 11 is 1.52. The molecule has 0 aliphatic rings. The van der Waals surface area contributed by atoms with Crippen LogP contribution in [-0.4, -0.2) is 12.1 Å². The van der Waals surface area contributed by atoms with Crippen LogP contribution in [0, 0.1) is 0 Å². The van der Waals surface area contributed by atoms with Crippen molar-refractivity contribution >= 4 is 23.4 Å². The van der Waals surface area contributed by atoms with Crippen molar-refractivity contribution < 1.29 is 9.59 Å². The Balaban J connectivity index is 1.87. The zero-order valence-electron chi connectivity index (χ0n) is 11.2. The van der Waals surface area contributed by atoms with Gasteiger partial charge in [-0.3, -0.25) is 9.59 Å². The van der Waals surface area contributed by atoms with Crippen molar-refractivity contribution in [1.29, 1.82) is 0 Å².